The molecule has 110 valence electrons. The normalized spacial score (nSPS) is 15.7. The molecule has 1 aliphatic rings. The largest absolute Gasteiger partial charge is 0.480 e. The SMILES string of the molecule is CCCN(C(=O)NC(Cc1cnc[nH]1)C(=O)O)C1CC1. The number of aromatic amines is 1. The first-order valence-corrected chi connectivity index (χ1v) is 6.89. The fraction of sp³-hybridized carbons (Fsp3) is 0.615. The number of hydrogen-bond donors (Lipinski definition) is 3. The van der Waals surface area contributed by atoms with Gasteiger partial charge in [0.1, 0.15) is 6.04 Å². The molecule has 2 amide bonds. The number of nitrogens with one attached hydrogen (secondary N) is 2. The Hall–Kier alpha value is -2.05. The van der Waals surface area contributed by atoms with Crippen molar-refractivity contribution >= 4 is 12.0 Å². The quantitative estimate of drug-likeness (QED) is 0.693. The number of amides is 2. The van der Waals surface area contributed by atoms with E-state index in [4.69, 9.17) is 0 Å². The number of rotatable bonds is 7. The molecule has 1 aromatic heterocycles. The van der Waals surface area contributed by atoms with Crippen LogP contribution in [0.25, 0.3) is 0 Å². The number of hydrogen-bond acceptors (Lipinski definition) is 3. The number of nitrogens with zero attached hydrogens (tertiary/aromatic N) is 2. The molecule has 1 aromatic rings. The highest BCUT2D eigenvalue weighted by atomic mass is 16.4. The minimum Gasteiger partial charge on any atom is -0.480 e. The predicted molar refractivity (Wildman–Crippen MR) is 72.3 cm³/mol. The van der Waals surface area contributed by atoms with E-state index in [9.17, 15) is 14.7 Å². The Balaban J connectivity index is 1.96. The molecule has 1 atom stereocenters. The number of carboxylic acids is 1. The van der Waals surface area contributed by atoms with Crippen LogP contribution in [0, 0.1) is 0 Å². The minimum atomic E-state index is -1.04. The van der Waals surface area contributed by atoms with Gasteiger partial charge in [0, 0.05) is 30.9 Å². The van der Waals surface area contributed by atoms with Crippen LogP contribution in [0.4, 0.5) is 4.79 Å². The summed E-state index contributed by atoms with van der Waals surface area (Å²) in [6.07, 6.45) is 6.13. The summed E-state index contributed by atoms with van der Waals surface area (Å²) in [5.74, 6) is -1.04. The van der Waals surface area contributed by atoms with Crippen molar-refractivity contribution in [2.45, 2.75) is 44.7 Å². The van der Waals surface area contributed by atoms with Crippen LogP contribution >= 0.6 is 0 Å². The highest BCUT2D eigenvalue weighted by Crippen LogP contribution is 2.27. The molecule has 1 fully saturated rings. The zero-order valence-corrected chi connectivity index (χ0v) is 11.5. The fourth-order valence-electron chi connectivity index (χ4n) is 2.13. The minimum absolute atomic E-state index is 0.200. The van der Waals surface area contributed by atoms with Crippen LogP contribution in [0.3, 0.4) is 0 Å². The summed E-state index contributed by atoms with van der Waals surface area (Å²) >= 11 is 0. The second-order valence-corrected chi connectivity index (χ2v) is 5.05. The molecule has 1 unspecified atom stereocenters. The van der Waals surface area contributed by atoms with Gasteiger partial charge >= 0.3 is 12.0 Å². The third-order valence-electron chi connectivity index (χ3n) is 3.29. The molecule has 1 aliphatic carbocycles. The summed E-state index contributed by atoms with van der Waals surface area (Å²) in [5, 5.41) is 11.8. The lowest BCUT2D eigenvalue weighted by atomic mass is 10.1. The van der Waals surface area contributed by atoms with Crippen LogP contribution < -0.4 is 5.32 Å². The highest BCUT2D eigenvalue weighted by Gasteiger charge is 2.33. The summed E-state index contributed by atoms with van der Waals surface area (Å²) in [6, 6.07) is -0.959. The first kappa shape index (κ1) is 14.4. The van der Waals surface area contributed by atoms with Crippen LogP contribution in [-0.4, -0.2) is 50.6 Å². The van der Waals surface area contributed by atoms with E-state index in [-0.39, 0.29) is 18.5 Å². The Morgan fingerprint density at radius 1 is 1.60 bits per heavy atom. The van der Waals surface area contributed by atoms with Crippen molar-refractivity contribution in [2.75, 3.05) is 6.54 Å². The van der Waals surface area contributed by atoms with Gasteiger partial charge in [-0.2, -0.15) is 0 Å². The summed E-state index contributed by atoms with van der Waals surface area (Å²) in [6.45, 7) is 2.66. The van der Waals surface area contributed by atoms with Crippen molar-refractivity contribution in [1.29, 1.82) is 0 Å². The van der Waals surface area contributed by atoms with Crippen LogP contribution in [0.15, 0.2) is 12.5 Å². The van der Waals surface area contributed by atoms with E-state index in [0.29, 0.717) is 12.2 Å². The number of carbonyl (C=O) groups is 2. The van der Waals surface area contributed by atoms with Crippen LogP contribution in [-0.2, 0) is 11.2 Å². The number of carboxylic acid groups (broad SMARTS) is 1. The summed E-state index contributed by atoms with van der Waals surface area (Å²) < 4.78 is 0. The Kier molecular flexibility index (Phi) is 4.60. The van der Waals surface area contributed by atoms with Crippen molar-refractivity contribution in [3.8, 4) is 0 Å². The van der Waals surface area contributed by atoms with Crippen LogP contribution in [0.1, 0.15) is 31.9 Å². The van der Waals surface area contributed by atoms with E-state index >= 15 is 0 Å². The zero-order valence-electron chi connectivity index (χ0n) is 11.5. The van der Waals surface area contributed by atoms with Gasteiger partial charge in [-0.05, 0) is 19.3 Å². The van der Waals surface area contributed by atoms with Gasteiger partial charge in [0.05, 0.1) is 6.33 Å². The fourth-order valence-corrected chi connectivity index (χ4v) is 2.13. The lowest BCUT2D eigenvalue weighted by Gasteiger charge is -2.24. The molecule has 0 bridgehead atoms. The Morgan fingerprint density at radius 2 is 2.35 bits per heavy atom. The maximum atomic E-state index is 12.2. The van der Waals surface area contributed by atoms with E-state index in [1.54, 1.807) is 11.1 Å². The lowest BCUT2D eigenvalue weighted by molar-refractivity contribution is -0.139. The predicted octanol–water partition coefficient (Wildman–Crippen LogP) is 0.989. The number of aliphatic carboxylic acids is 1. The molecule has 0 saturated heterocycles. The second kappa shape index (κ2) is 6.40. The molecule has 0 aliphatic heterocycles. The van der Waals surface area contributed by atoms with E-state index < -0.39 is 12.0 Å². The number of H-pyrrole nitrogens is 1. The first-order valence-electron chi connectivity index (χ1n) is 6.89. The van der Waals surface area contributed by atoms with E-state index in [0.717, 1.165) is 19.3 Å². The Morgan fingerprint density at radius 3 is 2.85 bits per heavy atom. The number of carbonyl (C=O) groups excluding carboxylic acids is 1. The molecule has 7 nitrogen and oxygen atoms in total. The van der Waals surface area contributed by atoms with Gasteiger partial charge in [-0.25, -0.2) is 14.6 Å². The molecular formula is C13H20N4O3. The van der Waals surface area contributed by atoms with Crippen LogP contribution in [0.2, 0.25) is 0 Å². The van der Waals surface area contributed by atoms with Gasteiger partial charge in [0.25, 0.3) is 0 Å². The molecule has 0 radical (unpaired) electrons. The topological polar surface area (TPSA) is 98.3 Å². The van der Waals surface area contributed by atoms with Gasteiger partial charge in [-0.15, -0.1) is 0 Å². The van der Waals surface area contributed by atoms with Gasteiger partial charge in [0.2, 0.25) is 0 Å². The molecule has 1 saturated carbocycles. The number of aromatic nitrogens is 2. The van der Waals surface area contributed by atoms with Crippen molar-refractivity contribution in [3.63, 3.8) is 0 Å². The molecule has 3 N–H and O–H groups in total. The van der Waals surface area contributed by atoms with Gasteiger partial charge in [-0.3, -0.25) is 0 Å². The van der Waals surface area contributed by atoms with Gasteiger partial charge < -0.3 is 20.3 Å². The maximum Gasteiger partial charge on any atom is 0.326 e. The standard InChI is InChI=1S/C13H20N4O3/c1-2-5-17(10-3-4-10)13(20)16-11(12(18)19)6-9-7-14-8-15-9/h7-8,10-11H,2-6H2,1H3,(H,14,15)(H,16,20)(H,18,19). The van der Waals surface area contributed by atoms with Crippen molar-refractivity contribution < 1.29 is 14.7 Å². The smallest absolute Gasteiger partial charge is 0.326 e. The van der Waals surface area contributed by atoms with Crippen molar-refractivity contribution in [3.05, 3.63) is 18.2 Å². The number of urea groups is 1. The molecule has 2 rings (SSSR count). The van der Waals surface area contributed by atoms with E-state index in [1.807, 2.05) is 6.92 Å². The molecule has 20 heavy (non-hydrogen) atoms. The molecule has 0 spiro atoms. The first-order chi connectivity index (χ1) is 9.61. The van der Waals surface area contributed by atoms with Gasteiger partial charge in [-0.1, -0.05) is 6.92 Å². The van der Waals surface area contributed by atoms with Crippen molar-refractivity contribution in [2.24, 2.45) is 0 Å². The third-order valence-corrected chi connectivity index (χ3v) is 3.29. The Labute approximate surface area is 117 Å². The molecule has 0 aromatic carbocycles. The molecule has 1 heterocycles. The average Bonchev–Trinajstić information content (AvgIpc) is 3.12. The number of imidazole rings is 1. The summed E-state index contributed by atoms with van der Waals surface area (Å²) in [5.41, 5.74) is 0.686. The molecule has 7 heteroatoms. The van der Waals surface area contributed by atoms with Crippen LogP contribution in [0.5, 0.6) is 0 Å². The average molecular weight is 280 g/mol. The molecular weight excluding hydrogens is 260 g/mol. The third kappa shape index (κ3) is 3.72. The Bertz CT molecular complexity index is 456. The van der Waals surface area contributed by atoms with Crippen molar-refractivity contribution in [1.82, 2.24) is 20.2 Å². The van der Waals surface area contributed by atoms with Gasteiger partial charge in [0.15, 0.2) is 0 Å². The highest BCUT2D eigenvalue weighted by molar-refractivity contribution is 5.83. The maximum absolute atomic E-state index is 12.2. The zero-order chi connectivity index (χ0) is 14.5. The van der Waals surface area contributed by atoms with E-state index in [2.05, 4.69) is 15.3 Å². The lowest BCUT2D eigenvalue weighted by Crippen LogP contribution is -2.49. The monoisotopic (exact) mass is 280 g/mol. The van der Waals surface area contributed by atoms with E-state index in [1.165, 1.54) is 6.33 Å². The summed E-state index contributed by atoms with van der Waals surface area (Å²) in [7, 11) is 0. The second-order valence-electron chi connectivity index (χ2n) is 5.05. The summed E-state index contributed by atoms with van der Waals surface area (Å²) in [4.78, 5) is 31.9.